The monoisotopic (exact) mass is 498 g/mol. The summed E-state index contributed by atoms with van der Waals surface area (Å²) in [4.78, 5) is 26.4. The average molecular weight is 500 g/mol. The van der Waals surface area contributed by atoms with Crippen LogP contribution in [-0.4, -0.2) is 17.9 Å². The highest BCUT2D eigenvalue weighted by Crippen LogP contribution is 2.27. The molecule has 0 spiro atoms. The molecule has 3 aromatic carbocycles. The Bertz CT molecular complexity index is 1000. The summed E-state index contributed by atoms with van der Waals surface area (Å²) >= 11 is 9.39. The number of hydrogen-bond acceptors (Lipinski definition) is 2. The molecule has 0 aromatic heterocycles. The van der Waals surface area contributed by atoms with Crippen LogP contribution in [0.4, 0.5) is 5.69 Å². The second-order valence-corrected chi connectivity index (χ2v) is 8.86. The lowest BCUT2D eigenvalue weighted by Gasteiger charge is -2.25. The Hall–Kier alpha value is -2.63. The topological polar surface area (TPSA) is 58.2 Å². The average Bonchev–Trinajstić information content (AvgIpc) is 2.76. The summed E-state index contributed by atoms with van der Waals surface area (Å²) in [6, 6.07) is 23.6. The molecule has 3 rings (SSSR count). The number of amides is 2. The van der Waals surface area contributed by atoms with E-state index in [2.05, 4.69) is 26.6 Å². The van der Waals surface area contributed by atoms with E-state index in [9.17, 15) is 9.59 Å². The molecule has 0 saturated heterocycles. The SMILES string of the molecule is CC(C)[C@H](NC(=O)C(c1ccccc1)c1ccccc1)C(=O)Nc1ccc(Cl)c(Br)c1. The highest BCUT2D eigenvalue weighted by atomic mass is 79.9. The fourth-order valence-electron chi connectivity index (χ4n) is 3.35. The van der Waals surface area contributed by atoms with Crippen LogP contribution in [0.5, 0.6) is 0 Å². The second-order valence-electron chi connectivity index (χ2n) is 7.60. The van der Waals surface area contributed by atoms with Crippen molar-refractivity contribution in [1.82, 2.24) is 5.32 Å². The first-order chi connectivity index (χ1) is 14.9. The number of benzene rings is 3. The van der Waals surface area contributed by atoms with Gasteiger partial charge in [0.15, 0.2) is 0 Å². The van der Waals surface area contributed by atoms with Crippen molar-refractivity contribution in [2.24, 2.45) is 5.92 Å². The number of nitrogens with one attached hydrogen (secondary N) is 2. The highest BCUT2D eigenvalue weighted by Gasteiger charge is 2.29. The molecule has 0 unspecified atom stereocenters. The zero-order chi connectivity index (χ0) is 22.4. The molecule has 3 aromatic rings. The summed E-state index contributed by atoms with van der Waals surface area (Å²) in [5.41, 5.74) is 2.34. The lowest BCUT2D eigenvalue weighted by Crippen LogP contribution is -2.48. The van der Waals surface area contributed by atoms with Gasteiger partial charge in [0.1, 0.15) is 6.04 Å². The minimum Gasteiger partial charge on any atom is -0.343 e. The van der Waals surface area contributed by atoms with Crippen LogP contribution in [-0.2, 0) is 9.59 Å². The lowest BCUT2D eigenvalue weighted by atomic mass is 9.89. The minimum absolute atomic E-state index is 0.105. The van der Waals surface area contributed by atoms with E-state index in [4.69, 9.17) is 11.6 Å². The maximum absolute atomic E-state index is 13.4. The first-order valence-corrected chi connectivity index (χ1v) is 11.2. The Balaban J connectivity index is 1.83. The molecule has 0 bridgehead atoms. The van der Waals surface area contributed by atoms with Gasteiger partial charge in [0, 0.05) is 10.2 Å². The molecule has 0 aliphatic heterocycles. The molecule has 31 heavy (non-hydrogen) atoms. The van der Waals surface area contributed by atoms with Gasteiger partial charge in [-0.25, -0.2) is 0 Å². The van der Waals surface area contributed by atoms with E-state index in [-0.39, 0.29) is 17.7 Å². The maximum Gasteiger partial charge on any atom is 0.247 e. The fourth-order valence-corrected chi connectivity index (χ4v) is 3.85. The Morgan fingerprint density at radius 1 is 0.839 bits per heavy atom. The third-order valence-corrected chi connectivity index (χ3v) is 6.18. The molecule has 2 N–H and O–H groups in total. The normalized spacial score (nSPS) is 11.9. The summed E-state index contributed by atoms with van der Waals surface area (Å²) in [5.74, 6) is -1.12. The summed E-state index contributed by atoms with van der Waals surface area (Å²) in [5, 5.41) is 6.40. The molecule has 0 heterocycles. The third-order valence-electron chi connectivity index (χ3n) is 4.96. The third kappa shape index (κ3) is 5.96. The molecule has 0 aliphatic carbocycles. The van der Waals surface area contributed by atoms with Crippen LogP contribution >= 0.6 is 27.5 Å². The summed E-state index contributed by atoms with van der Waals surface area (Å²) in [6.07, 6.45) is 0. The summed E-state index contributed by atoms with van der Waals surface area (Å²) in [6.45, 7) is 3.81. The van der Waals surface area contributed by atoms with Crippen LogP contribution in [0.3, 0.4) is 0 Å². The van der Waals surface area contributed by atoms with E-state index in [1.54, 1.807) is 18.2 Å². The number of anilines is 1. The quantitative estimate of drug-likeness (QED) is 0.418. The van der Waals surface area contributed by atoms with E-state index in [0.29, 0.717) is 15.2 Å². The van der Waals surface area contributed by atoms with Crippen LogP contribution in [0.2, 0.25) is 5.02 Å². The van der Waals surface area contributed by atoms with Gasteiger partial charge in [-0.1, -0.05) is 86.1 Å². The largest absolute Gasteiger partial charge is 0.343 e. The first-order valence-electron chi connectivity index (χ1n) is 10.0. The molecule has 0 aliphatic rings. The van der Waals surface area contributed by atoms with E-state index < -0.39 is 12.0 Å². The van der Waals surface area contributed by atoms with E-state index in [1.807, 2.05) is 74.5 Å². The van der Waals surface area contributed by atoms with Crippen LogP contribution in [0.25, 0.3) is 0 Å². The van der Waals surface area contributed by atoms with Crippen LogP contribution in [0, 0.1) is 5.92 Å². The molecule has 0 fully saturated rings. The second kappa shape index (κ2) is 10.6. The van der Waals surface area contributed by atoms with E-state index >= 15 is 0 Å². The Morgan fingerprint density at radius 3 is 1.87 bits per heavy atom. The Morgan fingerprint density at radius 2 is 1.39 bits per heavy atom. The Kier molecular flexibility index (Phi) is 7.88. The number of hydrogen-bond donors (Lipinski definition) is 2. The van der Waals surface area contributed by atoms with Crippen molar-refractivity contribution in [3.8, 4) is 0 Å². The van der Waals surface area contributed by atoms with Crippen molar-refractivity contribution in [3.63, 3.8) is 0 Å². The first kappa shape index (κ1) is 23.0. The maximum atomic E-state index is 13.4. The van der Waals surface area contributed by atoms with Gasteiger partial charge in [-0.05, 0) is 51.2 Å². The molecular weight excluding hydrogens is 476 g/mol. The fraction of sp³-hybridized carbons (Fsp3) is 0.200. The lowest BCUT2D eigenvalue weighted by molar-refractivity contribution is -0.127. The zero-order valence-electron chi connectivity index (χ0n) is 17.3. The summed E-state index contributed by atoms with van der Waals surface area (Å²) in [7, 11) is 0. The number of carbonyl (C=O) groups excluding carboxylic acids is 2. The van der Waals surface area contributed by atoms with Gasteiger partial charge in [-0.2, -0.15) is 0 Å². The predicted octanol–water partition coefficient (Wildman–Crippen LogP) is 6.01. The van der Waals surface area contributed by atoms with Crippen molar-refractivity contribution < 1.29 is 9.59 Å². The molecule has 0 saturated carbocycles. The van der Waals surface area contributed by atoms with Crippen molar-refractivity contribution in [2.45, 2.75) is 25.8 Å². The van der Waals surface area contributed by atoms with Gasteiger partial charge in [0.05, 0.1) is 10.9 Å². The van der Waals surface area contributed by atoms with Crippen LogP contribution < -0.4 is 10.6 Å². The number of carbonyl (C=O) groups is 2. The van der Waals surface area contributed by atoms with Crippen molar-refractivity contribution in [2.75, 3.05) is 5.32 Å². The van der Waals surface area contributed by atoms with E-state index in [0.717, 1.165) is 11.1 Å². The summed E-state index contributed by atoms with van der Waals surface area (Å²) < 4.78 is 0.685. The van der Waals surface area contributed by atoms with Gasteiger partial charge >= 0.3 is 0 Å². The minimum atomic E-state index is -0.697. The Labute approximate surface area is 196 Å². The van der Waals surface area contributed by atoms with Gasteiger partial charge in [0.25, 0.3) is 0 Å². The predicted molar refractivity (Wildman–Crippen MR) is 129 cm³/mol. The van der Waals surface area contributed by atoms with Crippen molar-refractivity contribution >= 4 is 45.0 Å². The molecular formula is C25H24BrClN2O2. The van der Waals surface area contributed by atoms with Crippen molar-refractivity contribution in [3.05, 3.63) is 99.5 Å². The van der Waals surface area contributed by atoms with Crippen LogP contribution in [0.15, 0.2) is 83.3 Å². The van der Waals surface area contributed by atoms with E-state index in [1.165, 1.54) is 0 Å². The van der Waals surface area contributed by atoms with Gasteiger partial charge in [-0.3, -0.25) is 9.59 Å². The number of halogens is 2. The molecule has 0 radical (unpaired) electrons. The van der Waals surface area contributed by atoms with Gasteiger partial charge < -0.3 is 10.6 Å². The van der Waals surface area contributed by atoms with Crippen molar-refractivity contribution in [1.29, 1.82) is 0 Å². The van der Waals surface area contributed by atoms with Gasteiger partial charge in [0.2, 0.25) is 11.8 Å². The molecule has 160 valence electrons. The molecule has 2 amide bonds. The zero-order valence-corrected chi connectivity index (χ0v) is 19.7. The molecule has 6 heteroatoms. The smallest absolute Gasteiger partial charge is 0.247 e. The highest BCUT2D eigenvalue weighted by molar-refractivity contribution is 9.10. The standard InChI is InChI=1S/C25H24BrClN2O2/c1-16(2)23(25(31)28-19-13-14-21(27)20(26)15-19)29-24(30)22(17-9-5-3-6-10-17)18-11-7-4-8-12-18/h3-16,22-23H,1-2H3,(H,28,31)(H,29,30)/t23-/m0/s1. The van der Waals surface area contributed by atoms with Crippen LogP contribution in [0.1, 0.15) is 30.9 Å². The molecule has 1 atom stereocenters. The van der Waals surface area contributed by atoms with Gasteiger partial charge in [-0.15, -0.1) is 0 Å². The number of rotatable bonds is 7. The molecule has 4 nitrogen and oxygen atoms in total.